The van der Waals surface area contributed by atoms with Gasteiger partial charge in [0.1, 0.15) is 12.7 Å². The van der Waals surface area contributed by atoms with Gasteiger partial charge >= 0.3 is 12.1 Å². The smallest absolute Gasteiger partial charge is 0.407 e. The van der Waals surface area contributed by atoms with Gasteiger partial charge in [0.2, 0.25) is 0 Å². The van der Waals surface area contributed by atoms with Crippen LogP contribution in [0.4, 0.5) is 4.79 Å². The lowest BCUT2D eigenvalue weighted by Crippen LogP contribution is -2.30. The fourth-order valence-electron chi connectivity index (χ4n) is 0.802. The lowest BCUT2D eigenvalue weighted by Gasteiger charge is -2.13. The minimum atomic E-state index is -0.499. The lowest BCUT2D eigenvalue weighted by atomic mass is 10.3. The van der Waals surface area contributed by atoms with E-state index in [2.05, 4.69) is 11.9 Å². The van der Waals surface area contributed by atoms with Gasteiger partial charge in [-0.15, -0.1) is 0 Å². The Morgan fingerprint density at radius 3 is 2.56 bits per heavy atom. The molecule has 1 N–H and O–H groups in total. The molecule has 0 bridgehead atoms. The van der Waals surface area contributed by atoms with Gasteiger partial charge in [-0.3, -0.25) is 0 Å². The number of rotatable bonds is 6. The Kier molecular flexibility index (Phi) is 7.00. The summed E-state index contributed by atoms with van der Waals surface area (Å²) in [5.74, 6) is -0.482. The normalized spacial score (nSPS) is 11.4. The van der Waals surface area contributed by atoms with Crippen LogP contribution < -0.4 is 5.32 Å². The summed E-state index contributed by atoms with van der Waals surface area (Å²) in [6.07, 6.45) is -0.130. The summed E-state index contributed by atoms with van der Waals surface area (Å²) >= 11 is 0. The molecule has 0 saturated heterocycles. The third kappa shape index (κ3) is 6.86. The van der Waals surface area contributed by atoms with Gasteiger partial charge in [0.25, 0.3) is 0 Å². The van der Waals surface area contributed by atoms with E-state index in [0.29, 0.717) is 12.1 Å². The van der Waals surface area contributed by atoms with Gasteiger partial charge in [-0.1, -0.05) is 13.5 Å². The molecule has 0 aromatic carbocycles. The third-order valence-electron chi connectivity index (χ3n) is 1.63. The first-order valence-electron chi connectivity index (χ1n) is 5.24. The first kappa shape index (κ1) is 14.5. The molecule has 0 aliphatic rings. The molecule has 1 amide bonds. The standard InChI is InChI=1S/C11H19NO4/c1-5-6-12-11(14)16-9(4)7-15-10(13)8(2)3/h9H,2,5-7H2,1,3-4H3,(H,12,14). The zero-order chi connectivity index (χ0) is 12.6. The average Bonchev–Trinajstić information content (AvgIpc) is 2.22. The molecule has 0 saturated carbocycles. The van der Waals surface area contributed by atoms with Crippen molar-refractivity contribution in [1.82, 2.24) is 5.32 Å². The molecule has 5 heteroatoms. The molecule has 92 valence electrons. The van der Waals surface area contributed by atoms with Crippen molar-refractivity contribution < 1.29 is 19.1 Å². The van der Waals surface area contributed by atoms with Crippen LogP contribution in [0.5, 0.6) is 0 Å². The molecule has 5 nitrogen and oxygen atoms in total. The number of amides is 1. The highest BCUT2D eigenvalue weighted by Crippen LogP contribution is 1.97. The van der Waals surface area contributed by atoms with Crippen molar-refractivity contribution in [2.24, 2.45) is 0 Å². The van der Waals surface area contributed by atoms with Crippen molar-refractivity contribution in [3.05, 3.63) is 12.2 Å². The molecule has 0 rings (SSSR count). The van der Waals surface area contributed by atoms with Crippen LogP contribution in [0.25, 0.3) is 0 Å². The Balaban J connectivity index is 3.73. The maximum atomic E-state index is 11.1. The van der Waals surface area contributed by atoms with Gasteiger partial charge in [0, 0.05) is 12.1 Å². The Hall–Kier alpha value is -1.52. The predicted molar refractivity (Wildman–Crippen MR) is 60.0 cm³/mol. The second-order valence-electron chi connectivity index (χ2n) is 3.52. The van der Waals surface area contributed by atoms with E-state index in [4.69, 9.17) is 9.47 Å². The van der Waals surface area contributed by atoms with Gasteiger partial charge in [-0.05, 0) is 20.3 Å². The number of hydrogen-bond acceptors (Lipinski definition) is 4. The van der Waals surface area contributed by atoms with Gasteiger partial charge in [-0.25, -0.2) is 9.59 Å². The van der Waals surface area contributed by atoms with Crippen molar-refractivity contribution >= 4 is 12.1 Å². The van der Waals surface area contributed by atoms with Crippen LogP contribution in [0.3, 0.4) is 0 Å². The summed E-state index contributed by atoms with van der Waals surface area (Å²) in [7, 11) is 0. The van der Waals surface area contributed by atoms with Crippen molar-refractivity contribution in [3.63, 3.8) is 0 Å². The summed E-state index contributed by atoms with van der Waals surface area (Å²) in [5, 5.41) is 2.55. The largest absolute Gasteiger partial charge is 0.458 e. The molecule has 0 spiro atoms. The average molecular weight is 229 g/mol. The van der Waals surface area contributed by atoms with E-state index in [1.807, 2.05) is 6.92 Å². The molecule has 16 heavy (non-hydrogen) atoms. The summed E-state index contributed by atoms with van der Waals surface area (Å²) in [6.45, 7) is 9.19. The first-order chi connectivity index (χ1) is 7.47. The van der Waals surface area contributed by atoms with Crippen molar-refractivity contribution in [1.29, 1.82) is 0 Å². The maximum absolute atomic E-state index is 11.1. The summed E-state index contributed by atoms with van der Waals surface area (Å²) < 4.78 is 9.75. The minimum Gasteiger partial charge on any atom is -0.458 e. The molecule has 0 aliphatic carbocycles. The SMILES string of the molecule is C=C(C)C(=O)OCC(C)OC(=O)NCCC. The Morgan fingerprint density at radius 2 is 2.06 bits per heavy atom. The summed E-state index contributed by atoms with van der Waals surface area (Å²) in [6, 6.07) is 0. The van der Waals surface area contributed by atoms with E-state index in [1.165, 1.54) is 0 Å². The topological polar surface area (TPSA) is 64.6 Å². The van der Waals surface area contributed by atoms with E-state index in [1.54, 1.807) is 13.8 Å². The summed E-state index contributed by atoms with van der Waals surface area (Å²) in [5.41, 5.74) is 0.322. The molecular weight excluding hydrogens is 210 g/mol. The van der Waals surface area contributed by atoms with E-state index in [0.717, 1.165) is 6.42 Å². The van der Waals surface area contributed by atoms with Crippen LogP contribution in [0.2, 0.25) is 0 Å². The number of nitrogens with one attached hydrogen (secondary N) is 1. The third-order valence-corrected chi connectivity index (χ3v) is 1.63. The molecule has 0 heterocycles. The number of hydrogen-bond donors (Lipinski definition) is 1. The number of esters is 1. The van der Waals surface area contributed by atoms with Crippen molar-refractivity contribution in [3.8, 4) is 0 Å². The fourth-order valence-corrected chi connectivity index (χ4v) is 0.802. The Labute approximate surface area is 95.8 Å². The first-order valence-corrected chi connectivity index (χ1v) is 5.24. The van der Waals surface area contributed by atoms with Crippen molar-refractivity contribution in [2.45, 2.75) is 33.3 Å². The van der Waals surface area contributed by atoms with Gasteiger partial charge in [0.05, 0.1) is 0 Å². The van der Waals surface area contributed by atoms with E-state index >= 15 is 0 Å². The number of carbonyl (C=O) groups is 2. The van der Waals surface area contributed by atoms with E-state index in [9.17, 15) is 9.59 Å². The molecule has 0 fully saturated rings. The lowest BCUT2D eigenvalue weighted by molar-refractivity contribution is -0.141. The van der Waals surface area contributed by atoms with E-state index in [-0.39, 0.29) is 6.61 Å². The Bertz CT molecular complexity index is 263. The van der Waals surface area contributed by atoms with Crippen LogP contribution in [-0.2, 0) is 14.3 Å². The molecule has 1 atom stereocenters. The Morgan fingerprint density at radius 1 is 1.44 bits per heavy atom. The van der Waals surface area contributed by atoms with Crippen LogP contribution in [0, 0.1) is 0 Å². The fraction of sp³-hybridized carbons (Fsp3) is 0.636. The highest BCUT2D eigenvalue weighted by molar-refractivity contribution is 5.86. The predicted octanol–water partition coefficient (Wildman–Crippen LogP) is 1.63. The molecular formula is C11H19NO4. The number of alkyl carbamates (subject to hydrolysis) is 1. The molecule has 0 radical (unpaired) electrons. The van der Waals surface area contributed by atoms with Gasteiger partial charge in [-0.2, -0.15) is 0 Å². The van der Waals surface area contributed by atoms with Crippen LogP contribution >= 0.6 is 0 Å². The van der Waals surface area contributed by atoms with Crippen LogP contribution in [0.15, 0.2) is 12.2 Å². The quantitative estimate of drug-likeness (QED) is 0.555. The van der Waals surface area contributed by atoms with E-state index < -0.39 is 18.2 Å². The van der Waals surface area contributed by atoms with Gasteiger partial charge in [0.15, 0.2) is 0 Å². The second kappa shape index (κ2) is 7.73. The number of ether oxygens (including phenoxy) is 2. The highest BCUT2D eigenvalue weighted by Gasteiger charge is 2.11. The monoisotopic (exact) mass is 229 g/mol. The minimum absolute atomic E-state index is 0.0330. The maximum Gasteiger partial charge on any atom is 0.407 e. The zero-order valence-corrected chi connectivity index (χ0v) is 10.0. The second-order valence-corrected chi connectivity index (χ2v) is 3.52. The van der Waals surface area contributed by atoms with Crippen molar-refractivity contribution in [2.75, 3.05) is 13.2 Å². The highest BCUT2D eigenvalue weighted by atomic mass is 16.6. The zero-order valence-electron chi connectivity index (χ0n) is 10.0. The molecule has 0 aromatic heterocycles. The van der Waals surface area contributed by atoms with Gasteiger partial charge < -0.3 is 14.8 Å². The van der Waals surface area contributed by atoms with Crippen LogP contribution in [-0.4, -0.2) is 31.3 Å². The van der Waals surface area contributed by atoms with Crippen LogP contribution in [0.1, 0.15) is 27.2 Å². The summed E-state index contributed by atoms with van der Waals surface area (Å²) in [4.78, 5) is 22.1. The molecule has 1 unspecified atom stereocenters. The number of carbonyl (C=O) groups excluding carboxylic acids is 2. The molecule has 0 aromatic rings. The molecule has 0 aliphatic heterocycles.